The van der Waals surface area contributed by atoms with Gasteiger partial charge in [0.05, 0.1) is 6.07 Å². The Kier molecular flexibility index (Phi) is 8.25. The van der Waals surface area contributed by atoms with Gasteiger partial charge < -0.3 is 10.1 Å². The van der Waals surface area contributed by atoms with E-state index in [4.69, 9.17) is 10.00 Å². The van der Waals surface area contributed by atoms with Crippen LogP contribution in [0, 0.1) is 11.3 Å². The minimum Gasteiger partial charge on any atom is -0.444 e. The lowest BCUT2D eigenvalue weighted by Crippen LogP contribution is -2.38. The van der Waals surface area contributed by atoms with Crippen molar-refractivity contribution in [3.05, 3.63) is 33.7 Å². The summed E-state index contributed by atoms with van der Waals surface area (Å²) in [7, 11) is 0. The van der Waals surface area contributed by atoms with E-state index in [1.807, 2.05) is 28.7 Å². The fourth-order valence-corrected chi connectivity index (χ4v) is 1.62. The summed E-state index contributed by atoms with van der Waals surface area (Å²) < 4.78 is 19.7. The average Bonchev–Trinajstić information content (AvgIpc) is 2.30. The summed E-state index contributed by atoms with van der Waals surface area (Å²) in [5.41, 5.74) is -0.401. The van der Waals surface area contributed by atoms with Gasteiger partial charge in [0, 0.05) is 6.42 Å². The fraction of sp³-hybridized carbons (Fsp3) is 0.467. The Labute approximate surface area is 138 Å². The fourth-order valence-electron chi connectivity index (χ4n) is 1.34. The molecule has 0 saturated heterocycles. The maximum absolute atomic E-state index is 13.9. The van der Waals surface area contributed by atoms with E-state index in [0.29, 0.717) is 0 Å². The molecule has 1 atom stereocenters. The van der Waals surface area contributed by atoms with E-state index in [1.165, 1.54) is 12.2 Å². The number of allylic oxidation sites excluding steroid dienone is 4. The molecule has 0 aromatic heterocycles. The van der Waals surface area contributed by atoms with Crippen LogP contribution in [0.4, 0.5) is 9.18 Å². The number of hydrogen-bond acceptors (Lipinski definition) is 3. The van der Waals surface area contributed by atoms with E-state index < -0.39 is 23.6 Å². The van der Waals surface area contributed by atoms with E-state index in [0.717, 1.165) is 3.58 Å². The highest BCUT2D eigenvalue weighted by molar-refractivity contribution is 14.1. The van der Waals surface area contributed by atoms with Crippen molar-refractivity contribution in [3.63, 3.8) is 0 Å². The first-order chi connectivity index (χ1) is 9.58. The summed E-state index contributed by atoms with van der Waals surface area (Å²) in [5.74, 6) is -0.469. The van der Waals surface area contributed by atoms with Crippen LogP contribution in [0.2, 0.25) is 0 Å². The largest absolute Gasteiger partial charge is 0.444 e. The maximum atomic E-state index is 13.9. The van der Waals surface area contributed by atoms with Crippen molar-refractivity contribution in [2.75, 3.05) is 0 Å². The molecule has 0 aliphatic carbocycles. The smallest absolute Gasteiger partial charge is 0.408 e. The molecule has 0 aromatic carbocycles. The highest BCUT2D eigenvalue weighted by atomic mass is 127. The lowest BCUT2D eigenvalue weighted by molar-refractivity contribution is 0.0516. The van der Waals surface area contributed by atoms with Crippen LogP contribution in [0.1, 0.15) is 34.1 Å². The zero-order chi connectivity index (χ0) is 16.6. The lowest BCUT2D eigenvalue weighted by atomic mass is 10.1. The molecule has 6 heteroatoms. The number of hydrogen-bond donors (Lipinski definition) is 1. The van der Waals surface area contributed by atoms with Gasteiger partial charge in [-0.25, -0.2) is 9.18 Å². The number of ether oxygens (including phenoxy) is 1. The van der Waals surface area contributed by atoms with Crippen molar-refractivity contribution in [2.24, 2.45) is 0 Å². The lowest BCUT2D eigenvalue weighted by Gasteiger charge is -2.21. The minimum absolute atomic E-state index is 0.0193. The predicted octanol–water partition coefficient (Wildman–Crippen LogP) is 4.54. The molecule has 4 nitrogen and oxygen atoms in total. The van der Waals surface area contributed by atoms with Gasteiger partial charge in [0.2, 0.25) is 0 Å². The number of nitrogens with one attached hydrogen (secondary N) is 1. The van der Waals surface area contributed by atoms with Gasteiger partial charge in [0.15, 0.2) is 0 Å². The molecule has 0 fully saturated rings. The first-order valence-corrected chi connectivity index (χ1v) is 7.41. The van der Waals surface area contributed by atoms with Gasteiger partial charge >= 0.3 is 6.09 Å². The Morgan fingerprint density at radius 1 is 1.57 bits per heavy atom. The quantitative estimate of drug-likeness (QED) is 0.539. The number of alkyl carbamates (subject to hydrolysis) is 1. The summed E-state index contributed by atoms with van der Waals surface area (Å²) in [4.78, 5) is 11.6. The van der Waals surface area contributed by atoms with Crippen LogP contribution in [0.5, 0.6) is 0 Å². The van der Waals surface area contributed by atoms with Crippen LogP contribution in [-0.2, 0) is 4.74 Å². The van der Waals surface area contributed by atoms with Crippen molar-refractivity contribution in [1.82, 2.24) is 5.32 Å². The molecule has 0 unspecified atom stereocenters. The van der Waals surface area contributed by atoms with Gasteiger partial charge in [-0.05, 0) is 65.5 Å². The minimum atomic E-state index is -0.887. The zero-order valence-corrected chi connectivity index (χ0v) is 14.8. The number of halogens is 2. The SMILES string of the molecule is C=C/C(C[C@@H](C#N)NC(=O)OC(C)(C)C)=C(F)\C=C(/C)I. The summed E-state index contributed by atoms with van der Waals surface area (Å²) in [6.45, 7) is 10.4. The third kappa shape index (κ3) is 9.24. The zero-order valence-electron chi connectivity index (χ0n) is 12.7. The highest BCUT2D eigenvalue weighted by Crippen LogP contribution is 2.19. The van der Waals surface area contributed by atoms with Crippen LogP contribution in [0.15, 0.2) is 33.7 Å². The third-order valence-corrected chi connectivity index (χ3v) is 2.46. The summed E-state index contributed by atoms with van der Waals surface area (Å²) in [5, 5.41) is 11.5. The van der Waals surface area contributed by atoms with Gasteiger partial charge in [0.1, 0.15) is 17.5 Å². The van der Waals surface area contributed by atoms with Crippen molar-refractivity contribution in [3.8, 4) is 6.07 Å². The number of carbonyl (C=O) groups excluding carboxylic acids is 1. The van der Waals surface area contributed by atoms with Gasteiger partial charge in [-0.15, -0.1) is 0 Å². The molecule has 1 amide bonds. The van der Waals surface area contributed by atoms with Gasteiger partial charge in [-0.2, -0.15) is 5.26 Å². The number of rotatable bonds is 5. The van der Waals surface area contributed by atoms with E-state index in [2.05, 4.69) is 11.9 Å². The third-order valence-electron chi connectivity index (χ3n) is 2.15. The van der Waals surface area contributed by atoms with Gasteiger partial charge in [-0.3, -0.25) is 0 Å². The molecule has 0 rings (SSSR count). The molecule has 0 saturated carbocycles. The highest BCUT2D eigenvalue weighted by Gasteiger charge is 2.20. The number of nitriles is 1. The predicted molar refractivity (Wildman–Crippen MR) is 89.5 cm³/mol. The summed E-state index contributed by atoms with van der Waals surface area (Å²) in [6.07, 6.45) is 2.00. The Hall–Kier alpha value is -1.36. The van der Waals surface area contributed by atoms with E-state index in [9.17, 15) is 9.18 Å². The van der Waals surface area contributed by atoms with Crippen molar-refractivity contribution in [2.45, 2.75) is 45.8 Å². The number of amides is 1. The van der Waals surface area contributed by atoms with Crippen molar-refractivity contribution < 1.29 is 13.9 Å². The molecule has 21 heavy (non-hydrogen) atoms. The second-order valence-electron chi connectivity index (χ2n) is 5.34. The van der Waals surface area contributed by atoms with Crippen molar-refractivity contribution in [1.29, 1.82) is 5.26 Å². The first-order valence-electron chi connectivity index (χ1n) is 6.33. The van der Waals surface area contributed by atoms with Crippen LogP contribution >= 0.6 is 22.6 Å². The normalized spacial score (nSPS) is 14.6. The van der Waals surface area contributed by atoms with Crippen molar-refractivity contribution >= 4 is 28.7 Å². The second-order valence-corrected chi connectivity index (χ2v) is 7.04. The van der Waals surface area contributed by atoms with Gasteiger partial charge in [0.25, 0.3) is 0 Å². The molecular formula is C15H20FIN2O2. The first kappa shape index (κ1) is 19.6. The molecular weight excluding hydrogens is 386 g/mol. The Morgan fingerprint density at radius 3 is 2.52 bits per heavy atom. The van der Waals surface area contributed by atoms with Crippen LogP contribution < -0.4 is 5.32 Å². The van der Waals surface area contributed by atoms with Crippen LogP contribution in [0.3, 0.4) is 0 Å². The second kappa shape index (κ2) is 8.82. The standard InChI is InChI=1S/C15H20FIN2O2/c1-6-11(13(16)7-10(2)17)8-12(9-18)19-14(20)21-15(3,4)5/h6-7,12H,1,8H2,2-5H3,(H,19,20)/b10-7+,13-11-/t12-/m0/s1. The molecule has 0 aliphatic rings. The monoisotopic (exact) mass is 406 g/mol. The summed E-state index contributed by atoms with van der Waals surface area (Å²) >= 11 is 1.98. The van der Waals surface area contributed by atoms with E-state index >= 15 is 0 Å². The Bertz CT molecular complexity index is 495. The summed E-state index contributed by atoms with van der Waals surface area (Å²) in [6, 6.07) is 1.02. The van der Waals surface area contributed by atoms with Crippen LogP contribution in [0.25, 0.3) is 0 Å². The van der Waals surface area contributed by atoms with Crippen LogP contribution in [-0.4, -0.2) is 17.7 Å². The molecule has 1 N–H and O–H groups in total. The molecule has 0 bridgehead atoms. The van der Waals surface area contributed by atoms with E-state index in [-0.39, 0.29) is 12.0 Å². The maximum Gasteiger partial charge on any atom is 0.408 e. The number of nitrogens with zero attached hydrogens (tertiary/aromatic N) is 1. The topological polar surface area (TPSA) is 62.1 Å². The average molecular weight is 406 g/mol. The van der Waals surface area contributed by atoms with Gasteiger partial charge in [-0.1, -0.05) is 12.7 Å². The molecule has 0 aliphatic heterocycles. The molecule has 116 valence electrons. The van der Waals surface area contributed by atoms with E-state index in [1.54, 1.807) is 27.7 Å². The molecule has 0 heterocycles. The Morgan fingerprint density at radius 2 is 2.14 bits per heavy atom. The molecule has 0 aromatic rings. The number of carbonyl (C=O) groups is 1. The molecule has 0 radical (unpaired) electrons. The Balaban J connectivity index is 4.92. The molecule has 0 spiro atoms.